The molecule has 1 aliphatic rings. The lowest BCUT2D eigenvalue weighted by atomic mass is 9.96. The molecule has 0 aliphatic carbocycles. The number of aromatic nitrogens is 2. The van der Waals surface area contributed by atoms with Crippen LogP contribution < -0.4 is 0 Å². The van der Waals surface area contributed by atoms with Crippen molar-refractivity contribution in [1.82, 2.24) is 9.97 Å². The van der Waals surface area contributed by atoms with E-state index in [1.54, 1.807) is 18.2 Å². The molecule has 3 atom stereocenters. The first-order valence-electron chi connectivity index (χ1n) is 10.8. The summed E-state index contributed by atoms with van der Waals surface area (Å²) in [7, 11) is 0. The maximum Gasteiger partial charge on any atom is 0.309 e. The minimum absolute atomic E-state index is 0.0185. The van der Waals surface area contributed by atoms with Gasteiger partial charge in [-0.1, -0.05) is 50.3 Å². The van der Waals surface area contributed by atoms with Gasteiger partial charge < -0.3 is 9.84 Å². The molecule has 0 amide bonds. The number of hydrogen-bond donors (Lipinski definition) is 1. The van der Waals surface area contributed by atoms with Gasteiger partial charge in [0.15, 0.2) is 18.1 Å². The molecular weight excluding hydrogens is 426 g/mol. The molecule has 2 heterocycles. The van der Waals surface area contributed by atoms with Gasteiger partial charge in [-0.15, -0.1) is 0 Å². The van der Waals surface area contributed by atoms with Crippen molar-refractivity contribution in [2.45, 2.75) is 44.6 Å². The summed E-state index contributed by atoms with van der Waals surface area (Å²) >= 11 is 0. The number of ether oxygens (including phenoxy) is 1. The topological polar surface area (TPSA) is 72.3 Å². The van der Waals surface area contributed by atoms with Gasteiger partial charge in [0.2, 0.25) is 0 Å². The van der Waals surface area contributed by atoms with Gasteiger partial charge in [0.05, 0.1) is 23.9 Å². The van der Waals surface area contributed by atoms with Crippen molar-refractivity contribution in [3.8, 4) is 22.6 Å². The van der Waals surface area contributed by atoms with Gasteiger partial charge in [-0.3, -0.25) is 4.79 Å². The zero-order valence-corrected chi connectivity index (χ0v) is 18.3. The fraction of sp³-hybridized carbons (Fsp3) is 0.269. The summed E-state index contributed by atoms with van der Waals surface area (Å²) in [6.07, 6.45) is -1.73. The fourth-order valence-corrected chi connectivity index (χ4v) is 3.74. The quantitative estimate of drug-likeness (QED) is 0.548. The molecule has 1 fully saturated rings. The Morgan fingerprint density at radius 3 is 2.42 bits per heavy atom. The highest BCUT2D eigenvalue weighted by molar-refractivity contribution is 5.76. The zero-order chi connectivity index (χ0) is 23.5. The van der Waals surface area contributed by atoms with E-state index in [0.717, 1.165) is 5.56 Å². The fourth-order valence-electron chi connectivity index (χ4n) is 3.74. The number of hydrogen-bond acceptors (Lipinski definition) is 5. The number of rotatable bonds is 5. The number of carbonyl (C=O) groups excluding carboxylic acids is 1. The molecular formula is C26H24F2N2O3. The third-order valence-electron chi connectivity index (χ3n) is 5.45. The SMILES string of the molecule is CC(C)c1nc(-c2ccccc2)nc(-c2ccc(F)cc2)c1/C=C/[C@H]1OC(=O)C[C@H](O)[C@H]1F. The Morgan fingerprint density at radius 1 is 1.06 bits per heavy atom. The summed E-state index contributed by atoms with van der Waals surface area (Å²) in [5.41, 5.74) is 3.35. The van der Waals surface area contributed by atoms with E-state index in [1.165, 1.54) is 18.2 Å². The Balaban J connectivity index is 1.87. The predicted octanol–water partition coefficient (Wildman–Crippen LogP) is 5.10. The van der Waals surface area contributed by atoms with Crippen LogP contribution in [0.1, 0.15) is 37.4 Å². The van der Waals surface area contributed by atoms with E-state index in [9.17, 15) is 18.7 Å². The van der Waals surface area contributed by atoms with Gasteiger partial charge in [0, 0.05) is 16.7 Å². The van der Waals surface area contributed by atoms with Crippen LogP contribution in [0.5, 0.6) is 0 Å². The van der Waals surface area contributed by atoms with Crippen molar-refractivity contribution in [3.05, 3.63) is 77.7 Å². The van der Waals surface area contributed by atoms with E-state index in [0.29, 0.717) is 28.3 Å². The van der Waals surface area contributed by atoms with Crippen LogP contribution in [-0.2, 0) is 9.53 Å². The molecule has 0 bridgehead atoms. The Bertz CT molecular complexity index is 1160. The van der Waals surface area contributed by atoms with Crippen molar-refractivity contribution in [3.63, 3.8) is 0 Å². The molecule has 1 aromatic heterocycles. The first-order chi connectivity index (χ1) is 15.8. The smallest absolute Gasteiger partial charge is 0.309 e. The number of aliphatic hydroxyl groups is 1. The lowest BCUT2D eigenvalue weighted by Crippen LogP contribution is -2.42. The van der Waals surface area contributed by atoms with E-state index >= 15 is 0 Å². The lowest BCUT2D eigenvalue weighted by Gasteiger charge is -2.27. The third-order valence-corrected chi connectivity index (χ3v) is 5.45. The second-order valence-corrected chi connectivity index (χ2v) is 8.25. The summed E-state index contributed by atoms with van der Waals surface area (Å²) in [6.45, 7) is 3.95. The Morgan fingerprint density at radius 2 is 1.76 bits per heavy atom. The highest BCUT2D eigenvalue weighted by Gasteiger charge is 2.36. The molecule has 33 heavy (non-hydrogen) atoms. The van der Waals surface area contributed by atoms with Crippen molar-refractivity contribution in [2.24, 2.45) is 0 Å². The van der Waals surface area contributed by atoms with Crippen molar-refractivity contribution in [2.75, 3.05) is 0 Å². The number of carbonyl (C=O) groups is 1. The average Bonchev–Trinajstić information content (AvgIpc) is 2.81. The molecule has 5 nitrogen and oxygen atoms in total. The Hall–Kier alpha value is -3.45. The number of nitrogens with zero attached hydrogens (tertiary/aromatic N) is 2. The largest absolute Gasteiger partial charge is 0.455 e. The van der Waals surface area contributed by atoms with E-state index in [-0.39, 0.29) is 18.2 Å². The van der Waals surface area contributed by atoms with Crippen molar-refractivity contribution >= 4 is 12.0 Å². The average molecular weight is 450 g/mol. The van der Waals surface area contributed by atoms with Gasteiger partial charge in [-0.2, -0.15) is 0 Å². The number of halogens is 2. The molecule has 7 heteroatoms. The summed E-state index contributed by atoms with van der Waals surface area (Å²) in [4.78, 5) is 21.2. The molecule has 4 rings (SSSR count). The van der Waals surface area contributed by atoms with Crippen molar-refractivity contribution in [1.29, 1.82) is 0 Å². The van der Waals surface area contributed by atoms with Crippen LogP contribution in [0.25, 0.3) is 28.7 Å². The first kappa shape index (κ1) is 22.7. The highest BCUT2D eigenvalue weighted by Crippen LogP contribution is 2.32. The van der Waals surface area contributed by atoms with Gasteiger partial charge in [0.25, 0.3) is 0 Å². The van der Waals surface area contributed by atoms with Gasteiger partial charge in [-0.25, -0.2) is 18.7 Å². The third kappa shape index (κ3) is 4.98. The molecule has 0 spiro atoms. The van der Waals surface area contributed by atoms with Gasteiger partial charge in [0.1, 0.15) is 5.82 Å². The normalized spacial score (nSPS) is 20.9. The van der Waals surface area contributed by atoms with E-state index in [4.69, 9.17) is 14.7 Å². The zero-order valence-electron chi connectivity index (χ0n) is 18.3. The van der Waals surface area contributed by atoms with Gasteiger partial charge >= 0.3 is 5.97 Å². The summed E-state index contributed by atoms with van der Waals surface area (Å²) in [6, 6.07) is 15.4. The molecule has 0 unspecified atom stereocenters. The highest BCUT2D eigenvalue weighted by atomic mass is 19.1. The monoisotopic (exact) mass is 450 g/mol. The van der Waals surface area contributed by atoms with Crippen LogP contribution in [0.3, 0.4) is 0 Å². The molecule has 1 N–H and O–H groups in total. The van der Waals surface area contributed by atoms with E-state index in [2.05, 4.69) is 0 Å². The van der Waals surface area contributed by atoms with Crippen molar-refractivity contribution < 1.29 is 23.4 Å². The standard InChI is InChI=1S/C26H24F2N2O3/c1-15(2)24-19(12-13-21-23(28)20(31)14-22(32)33-21)25(16-8-10-18(27)11-9-16)30-26(29-24)17-6-4-3-5-7-17/h3-13,15,20-21,23,31H,14H2,1-2H3/b13-12+/t20-,21+,23+/m0/s1. The van der Waals surface area contributed by atoms with Crippen LogP contribution in [0.4, 0.5) is 8.78 Å². The van der Waals surface area contributed by atoms with Crippen LogP contribution in [-0.4, -0.2) is 39.4 Å². The van der Waals surface area contributed by atoms with Crippen LogP contribution in [0, 0.1) is 5.82 Å². The molecule has 0 radical (unpaired) electrons. The Kier molecular flexibility index (Phi) is 6.60. The Labute approximate surface area is 190 Å². The molecule has 3 aromatic rings. The van der Waals surface area contributed by atoms with Crippen LogP contribution >= 0.6 is 0 Å². The minimum atomic E-state index is -1.74. The molecule has 2 aromatic carbocycles. The second kappa shape index (κ2) is 9.58. The number of cyclic esters (lactones) is 1. The lowest BCUT2D eigenvalue weighted by molar-refractivity contribution is -0.164. The number of benzene rings is 2. The first-order valence-corrected chi connectivity index (χ1v) is 10.8. The van der Waals surface area contributed by atoms with E-state index < -0.39 is 24.3 Å². The summed E-state index contributed by atoms with van der Waals surface area (Å²) in [5.74, 6) is -0.543. The maximum absolute atomic E-state index is 14.5. The maximum atomic E-state index is 14.5. The molecule has 1 aliphatic heterocycles. The van der Waals surface area contributed by atoms with E-state index in [1.807, 2.05) is 44.2 Å². The van der Waals surface area contributed by atoms with Gasteiger partial charge in [-0.05, 0) is 36.3 Å². The number of esters is 1. The molecule has 170 valence electrons. The summed E-state index contributed by atoms with van der Waals surface area (Å²) in [5, 5.41) is 9.81. The van der Waals surface area contributed by atoms with Crippen LogP contribution in [0.2, 0.25) is 0 Å². The minimum Gasteiger partial charge on any atom is -0.455 e. The predicted molar refractivity (Wildman–Crippen MR) is 121 cm³/mol. The summed E-state index contributed by atoms with van der Waals surface area (Å²) < 4.78 is 33.2. The second-order valence-electron chi connectivity index (χ2n) is 8.25. The van der Waals surface area contributed by atoms with Crippen LogP contribution in [0.15, 0.2) is 60.7 Å². The molecule has 0 saturated carbocycles. The molecule has 1 saturated heterocycles. The number of aliphatic hydroxyl groups excluding tert-OH is 1. The number of alkyl halides is 1.